The van der Waals surface area contributed by atoms with Crippen LogP contribution in [0.1, 0.15) is 12.5 Å². The molecule has 0 saturated heterocycles. The molecule has 13 heavy (non-hydrogen) atoms. The molecular formula is C10H8BrIS. The van der Waals surface area contributed by atoms with E-state index in [0.717, 1.165) is 6.42 Å². The van der Waals surface area contributed by atoms with Gasteiger partial charge in [0.25, 0.3) is 0 Å². The lowest BCUT2D eigenvalue weighted by Gasteiger charge is -1.99. The fourth-order valence-electron chi connectivity index (χ4n) is 1.44. The summed E-state index contributed by atoms with van der Waals surface area (Å²) in [6, 6.07) is 6.72. The molecule has 1 aromatic carbocycles. The van der Waals surface area contributed by atoms with Gasteiger partial charge in [-0.1, -0.05) is 6.92 Å². The number of hydrogen-bond acceptors (Lipinski definition) is 1. The highest BCUT2D eigenvalue weighted by molar-refractivity contribution is 14.1. The third-order valence-electron chi connectivity index (χ3n) is 2.04. The molecule has 1 heterocycles. The van der Waals surface area contributed by atoms with Gasteiger partial charge in [0.15, 0.2) is 0 Å². The zero-order chi connectivity index (χ0) is 9.42. The topological polar surface area (TPSA) is 0 Å². The number of hydrogen-bond donors (Lipinski definition) is 0. The van der Waals surface area contributed by atoms with Crippen molar-refractivity contribution in [2.45, 2.75) is 13.3 Å². The molecule has 0 unspecified atom stereocenters. The Morgan fingerprint density at radius 3 is 2.85 bits per heavy atom. The zero-order valence-electron chi connectivity index (χ0n) is 7.10. The van der Waals surface area contributed by atoms with Crippen LogP contribution in [0.2, 0.25) is 0 Å². The Bertz CT molecular complexity index is 447. The monoisotopic (exact) mass is 366 g/mol. The second-order valence-electron chi connectivity index (χ2n) is 2.88. The van der Waals surface area contributed by atoms with Crippen molar-refractivity contribution in [1.82, 2.24) is 0 Å². The molecule has 0 amide bonds. The summed E-state index contributed by atoms with van der Waals surface area (Å²) in [7, 11) is 0. The first-order chi connectivity index (χ1) is 6.20. The third kappa shape index (κ3) is 1.92. The van der Waals surface area contributed by atoms with E-state index in [9.17, 15) is 0 Å². The Morgan fingerprint density at radius 1 is 1.38 bits per heavy atom. The van der Waals surface area contributed by atoms with Crippen LogP contribution >= 0.6 is 49.9 Å². The van der Waals surface area contributed by atoms with Crippen molar-refractivity contribution in [2.75, 3.05) is 0 Å². The van der Waals surface area contributed by atoms with Crippen molar-refractivity contribution < 1.29 is 0 Å². The number of benzene rings is 1. The summed E-state index contributed by atoms with van der Waals surface area (Å²) >= 11 is 7.71. The van der Waals surface area contributed by atoms with Crippen molar-refractivity contribution in [1.29, 1.82) is 0 Å². The molecule has 0 radical (unpaired) electrons. The summed E-state index contributed by atoms with van der Waals surface area (Å²) in [4.78, 5) is 0. The van der Waals surface area contributed by atoms with Gasteiger partial charge in [-0.25, -0.2) is 0 Å². The molecule has 2 rings (SSSR count). The summed E-state index contributed by atoms with van der Waals surface area (Å²) in [6.07, 6.45) is 1.11. The van der Waals surface area contributed by atoms with E-state index in [-0.39, 0.29) is 0 Å². The van der Waals surface area contributed by atoms with Gasteiger partial charge < -0.3 is 0 Å². The van der Waals surface area contributed by atoms with E-state index < -0.39 is 0 Å². The molecule has 0 N–H and O–H groups in total. The standard InChI is InChI=1S/C10H8BrIS/c1-2-6-3-7(12)4-9-8(6)5-10(11)13-9/h3-5H,2H2,1H3. The zero-order valence-corrected chi connectivity index (χ0v) is 11.7. The maximum atomic E-state index is 3.53. The first-order valence-electron chi connectivity index (χ1n) is 4.08. The Kier molecular flexibility index (Phi) is 2.95. The Morgan fingerprint density at radius 2 is 2.15 bits per heavy atom. The summed E-state index contributed by atoms with van der Waals surface area (Å²) < 4.78 is 3.94. The predicted octanol–water partition coefficient (Wildman–Crippen LogP) is 4.83. The second kappa shape index (κ2) is 3.87. The first-order valence-corrected chi connectivity index (χ1v) is 6.77. The van der Waals surface area contributed by atoms with Crippen LogP contribution in [-0.2, 0) is 6.42 Å². The lowest BCUT2D eigenvalue weighted by atomic mass is 10.1. The van der Waals surface area contributed by atoms with Gasteiger partial charge in [-0.3, -0.25) is 0 Å². The molecule has 0 bridgehead atoms. The molecule has 0 saturated carbocycles. The average molecular weight is 367 g/mol. The Balaban J connectivity index is 2.80. The van der Waals surface area contributed by atoms with Crippen LogP contribution in [0, 0.1) is 3.57 Å². The lowest BCUT2D eigenvalue weighted by molar-refractivity contribution is 1.16. The van der Waals surface area contributed by atoms with Gasteiger partial charge in [-0.2, -0.15) is 0 Å². The van der Waals surface area contributed by atoms with Crippen molar-refractivity contribution in [3.8, 4) is 0 Å². The van der Waals surface area contributed by atoms with Crippen molar-refractivity contribution >= 4 is 59.9 Å². The van der Waals surface area contributed by atoms with Gasteiger partial charge >= 0.3 is 0 Å². The second-order valence-corrected chi connectivity index (χ2v) is 6.59. The molecule has 0 aliphatic heterocycles. The summed E-state index contributed by atoms with van der Waals surface area (Å²) in [5.74, 6) is 0. The summed E-state index contributed by atoms with van der Waals surface area (Å²) in [5, 5.41) is 1.40. The van der Waals surface area contributed by atoms with Crippen LogP contribution in [0.15, 0.2) is 22.0 Å². The number of halogens is 2. The van der Waals surface area contributed by atoms with E-state index in [4.69, 9.17) is 0 Å². The molecule has 0 spiro atoms. The van der Waals surface area contributed by atoms with Gasteiger partial charge in [0.05, 0.1) is 3.79 Å². The van der Waals surface area contributed by atoms with E-state index in [0.29, 0.717) is 0 Å². The molecule has 0 aliphatic carbocycles. The fourth-order valence-corrected chi connectivity index (χ4v) is 3.96. The quantitative estimate of drug-likeness (QED) is 0.634. The Labute approximate surface area is 104 Å². The van der Waals surface area contributed by atoms with Crippen molar-refractivity contribution in [3.63, 3.8) is 0 Å². The number of fused-ring (bicyclic) bond motifs is 1. The van der Waals surface area contributed by atoms with Gasteiger partial charge in [-0.05, 0) is 74.1 Å². The highest BCUT2D eigenvalue weighted by Crippen LogP contribution is 2.33. The van der Waals surface area contributed by atoms with E-state index in [1.165, 1.54) is 23.0 Å². The molecule has 0 aliphatic rings. The third-order valence-corrected chi connectivity index (χ3v) is 4.25. The summed E-state index contributed by atoms with van der Waals surface area (Å²) in [6.45, 7) is 2.20. The molecule has 68 valence electrons. The van der Waals surface area contributed by atoms with E-state index in [1.807, 2.05) is 11.3 Å². The number of rotatable bonds is 1. The molecule has 0 nitrogen and oxygen atoms in total. The molecule has 0 atom stereocenters. The minimum atomic E-state index is 1.11. The SMILES string of the molecule is CCc1cc(I)cc2sc(Br)cc12. The molecule has 1 aromatic heterocycles. The molecule has 0 fully saturated rings. The van der Waals surface area contributed by atoms with E-state index in [1.54, 1.807) is 0 Å². The fraction of sp³-hybridized carbons (Fsp3) is 0.200. The van der Waals surface area contributed by atoms with Crippen molar-refractivity contribution in [2.24, 2.45) is 0 Å². The van der Waals surface area contributed by atoms with Crippen molar-refractivity contribution in [3.05, 3.63) is 31.1 Å². The maximum absolute atomic E-state index is 3.53. The van der Waals surface area contributed by atoms with Crippen LogP contribution in [0.5, 0.6) is 0 Å². The maximum Gasteiger partial charge on any atom is 0.0711 e. The van der Waals surface area contributed by atoms with E-state index >= 15 is 0 Å². The highest BCUT2D eigenvalue weighted by atomic mass is 127. The van der Waals surface area contributed by atoms with Gasteiger partial charge in [0, 0.05) is 8.27 Å². The smallest absolute Gasteiger partial charge is 0.0711 e. The first kappa shape index (κ1) is 9.93. The largest absolute Gasteiger partial charge is 0.128 e. The van der Waals surface area contributed by atoms with Crippen LogP contribution in [0.4, 0.5) is 0 Å². The molecular weight excluding hydrogens is 359 g/mol. The average Bonchev–Trinajstić information content (AvgIpc) is 2.43. The minimum Gasteiger partial charge on any atom is -0.128 e. The van der Waals surface area contributed by atoms with E-state index in [2.05, 4.69) is 63.6 Å². The normalized spacial score (nSPS) is 11.0. The number of aryl methyl sites for hydroxylation is 1. The highest BCUT2D eigenvalue weighted by Gasteiger charge is 2.04. The van der Waals surface area contributed by atoms with Gasteiger partial charge in [0.1, 0.15) is 0 Å². The van der Waals surface area contributed by atoms with Crippen LogP contribution in [-0.4, -0.2) is 0 Å². The van der Waals surface area contributed by atoms with Crippen LogP contribution in [0.25, 0.3) is 10.1 Å². The molecule has 2 aromatic rings. The molecule has 3 heteroatoms. The summed E-state index contributed by atoms with van der Waals surface area (Å²) in [5.41, 5.74) is 1.45. The predicted molar refractivity (Wildman–Crippen MR) is 71.6 cm³/mol. The van der Waals surface area contributed by atoms with Crippen LogP contribution in [0.3, 0.4) is 0 Å². The van der Waals surface area contributed by atoms with Crippen LogP contribution < -0.4 is 0 Å². The van der Waals surface area contributed by atoms with Gasteiger partial charge in [0.2, 0.25) is 0 Å². The Hall–Kier alpha value is 0.390. The number of thiophene rings is 1. The minimum absolute atomic E-state index is 1.11. The lowest BCUT2D eigenvalue weighted by Crippen LogP contribution is -1.81. The van der Waals surface area contributed by atoms with Gasteiger partial charge in [-0.15, -0.1) is 11.3 Å².